The smallest absolute Gasteiger partial charge is 0.329 e. The topological polar surface area (TPSA) is 58.6 Å². The molecule has 4 rings (SSSR count). The van der Waals surface area contributed by atoms with Crippen LogP contribution in [0.5, 0.6) is 5.75 Å². The zero-order valence-corrected chi connectivity index (χ0v) is 22.6. The summed E-state index contributed by atoms with van der Waals surface area (Å²) in [4.78, 5) is 26.4. The Hall–Kier alpha value is -2.32. The molecule has 3 aromatic carbocycles. The van der Waals surface area contributed by atoms with Crippen LogP contribution in [0.1, 0.15) is 22.3 Å². The lowest BCUT2D eigenvalue weighted by molar-refractivity contribution is -0.123. The van der Waals surface area contributed by atoms with Crippen molar-refractivity contribution in [3.63, 3.8) is 0 Å². The maximum absolute atomic E-state index is 12.8. The summed E-state index contributed by atoms with van der Waals surface area (Å²) in [6.45, 7) is 2.48. The number of aryl methyl sites for hydroxylation is 1. The van der Waals surface area contributed by atoms with E-state index in [1.807, 2.05) is 49.4 Å². The molecular weight excluding hydrogens is 607 g/mol. The number of amides is 3. The quantitative estimate of drug-likeness (QED) is 0.228. The first-order valence-electron chi connectivity index (χ1n) is 10.2. The third-order valence-electron chi connectivity index (χ3n) is 5.12. The molecule has 1 aliphatic rings. The summed E-state index contributed by atoms with van der Waals surface area (Å²) in [6, 6.07) is 16.2. The Morgan fingerprint density at radius 3 is 2.24 bits per heavy atom. The monoisotopic (exact) mass is 622 g/mol. The average Bonchev–Trinajstić information content (AvgIpc) is 3.04. The second-order valence-corrected chi connectivity index (χ2v) is 10.2. The van der Waals surface area contributed by atoms with Crippen molar-refractivity contribution < 1.29 is 14.3 Å². The zero-order chi connectivity index (χ0) is 24.4. The Morgan fingerprint density at radius 1 is 0.941 bits per heavy atom. The van der Waals surface area contributed by atoms with E-state index in [1.54, 1.807) is 18.2 Å². The van der Waals surface area contributed by atoms with E-state index in [-0.39, 0.29) is 24.8 Å². The zero-order valence-electron chi connectivity index (χ0n) is 17.9. The lowest BCUT2D eigenvalue weighted by atomic mass is 10.1. The van der Waals surface area contributed by atoms with Crippen LogP contribution < -0.4 is 10.1 Å². The molecule has 3 amide bonds. The molecule has 174 valence electrons. The Bertz CT molecular complexity index is 1290. The average molecular weight is 625 g/mol. The van der Waals surface area contributed by atoms with E-state index in [0.717, 1.165) is 16.7 Å². The van der Waals surface area contributed by atoms with E-state index in [0.29, 0.717) is 30.3 Å². The van der Waals surface area contributed by atoms with Crippen molar-refractivity contribution in [3.8, 4) is 5.75 Å². The molecule has 9 heteroatoms. The Balaban J connectivity index is 1.49. The lowest BCUT2D eigenvalue weighted by Crippen LogP contribution is -2.30. The number of hydrogen-bond acceptors (Lipinski definition) is 3. The summed E-state index contributed by atoms with van der Waals surface area (Å²) >= 11 is 19.1. The highest BCUT2D eigenvalue weighted by atomic mass is 79.9. The lowest BCUT2D eigenvalue weighted by Gasteiger charge is -2.12. The van der Waals surface area contributed by atoms with Crippen molar-refractivity contribution in [3.05, 3.63) is 102 Å². The van der Waals surface area contributed by atoms with Crippen LogP contribution in [-0.2, 0) is 17.9 Å². The number of ether oxygens (including phenoxy) is 1. The van der Waals surface area contributed by atoms with Gasteiger partial charge in [0, 0.05) is 0 Å². The Labute approximate surface area is 223 Å². The van der Waals surface area contributed by atoms with Gasteiger partial charge in [-0.05, 0) is 85.8 Å². The summed E-state index contributed by atoms with van der Waals surface area (Å²) in [7, 11) is 0. The van der Waals surface area contributed by atoms with Crippen LogP contribution >= 0.6 is 55.1 Å². The number of hydrogen-bond donors (Lipinski definition) is 1. The highest BCUT2D eigenvalue weighted by Gasteiger charge is 2.33. The van der Waals surface area contributed by atoms with E-state index in [2.05, 4.69) is 37.2 Å². The number of imide groups is 1. The van der Waals surface area contributed by atoms with Gasteiger partial charge in [-0.3, -0.25) is 9.69 Å². The summed E-state index contributed by atoms with van der Waals surface area (Å²) in [5.74, 6) is 0.216. The largest absolute Gasteiger partial charge is 0.487 e. The maximum atomic E-state index is 12.8. The van der Waals surface area contributed by atoms with Gasteiger partial charge in [-0.2, -0.15) is 0 Å². The molecule has 1 aliphatic heterocycles. The van der Waals surface area contributed by atoms with Crippen LogP contribution in [0.4, 0.5) is 4.79 Å². The predicted molar refractivity (Wildman–Crippen MR) is 141 cm³/mol. The summed E-state index contributed by atoms with van der Waals surface area (Å²) in [5.41, 5.74) is 3.78. The third-order valence-corrected chi connectivity index (χ3v) is 7.04. The van der Waals surface area contributed by atoms with E-state index in [4.69, 9.17) is 27.9 Å². The van der Waals surface area contributed by atoms with Crippen LogP contribution in [0.3, 0.4) is 0 Å². The van der Waals surface area contributed by atoms with Crippen LogP contribution in [0.15, 0.2) is 69.2 Å². The molecule has 5 nitrogen and oxygen atoms in total. The van der Waals surface area contributed by atoms with Crippen molar-refractivity contribution in [2.75, 3.05) is 0 Å². The maximum Gasteiger partial charge on any atom is 0.329 e. The molecule has 3 aromatic rings. The SMILES string of the molecule is Cc1ccc(CN2C(=O)N/C(=C/c3cc(Br)c(OCc4ccc(Cl)c(Cl)c4)c(Br)c3)C2=O)cc1. The number of benzene rings is 3. The van der Waals surface area contributed by atoms with E-state index in [9.17, 15) is 9.59 Å². The van der Waals surface area contributed by atoms with Gasteiger partial charge in [0.25, 0.3) is 5.91 Å². The van der Waals surface area contributed by atoms with Crippen LogP contribution in [-0.4, -0.2) is 16.8 Å². The molecule has 0 bridgehead atoms. The predicted octanol–water partition coefficient (Wildman–Crippen LogP) is 7.50. The number of carbonyl (C=O) groups excluding carboxylic acids is 2. The first-order chi connectivity index (χ1) is 16.2. The number of nitrogens with zero attached hydrogens (tertiary/aromatic N) is 1. The summed E-state index contributed by atoms with van der Waals surface area (Å²) in [5, 5.41) is 3.60. The molecule has 1 N–H and O–H groups in total. The van der Waals surface area contributed by atoms with E-state index in [1.165, 1.54) is 4.90 Å². The van der Waals surface area contributed by atoms with Gasteiger partial charge in [-0.25, -0.2) is 4.79 Å². The molecule has 0 saturated carbocycles. The van der Waals surface area contributed by atoms with Gasteiger partial charge in [0.15, 0.2) is 0 Å². The van der Waals surface area contributed by atoms with Gasteiger partial charge in [0.05, 0.1) is 25.5 Å². The third kappa shape index (κ3) is 5.66. The van der Waals surface area contributed by atoms with Crippen molar-refractivity contribution in [1.82, 2.24) is 10.2 Å². The molecule has 0 atom stereocenters. The summed E-state index contributed by atoms with van der Waals surface area (Å²) in [6.07, 6.45) is 1.63. The molecule has 34 heavy (non-hydrogen) atoms. The van der Waals surface area contributed by atoms with Gasteiger partial charge in [0.2, 0.25) is 0 Å². The van der Waals surface area contributed by atoms with Crippen molar-refractivity contribution >= 4 is 73.1 Å². The molecule has 0 aromatic heterocycles. The Morgan fingerprint density at radius 2 is 1.59 bits per heavy atom. The van der Waals surface area contributed by atoms with Gasteiger partial charge in [-0.15, -0.1) is 0 Å². The van der Waals surface area contributed by atoms with Crippen LogP contribution in [0.2, 0.25) is 10.0 Å². The number of urea groups is 1. The molecule has 1 heterocycles. The van der Waals surface area contributed by atoms with Gasteiger partial charge in [-0.1, -0.05) is 59.1 Å². The molecule has 0 radical (unpaired) electrons. The van der Waals surface area contributed by atoms with Gasteiger partial charge < -0.3 is 10.1 Å². The molecule has 0 spiro atoms. The van der Waals surface area contributed by atoms with Gasteiger partial charge >= 0.3 is 6.03 Å². The minimum absolute atomic E-state index is 0.206. The minimum atomic E-state index is -0.448. The minimum Gasteiger partial charge on any atom is -0.487 e. The second kappa shape index (κ2) is 10.5. The van der Waals surface area contributed by atoms with Crippen molar-refractivity contribution in [2.45, 2.75) is 20.1 Å². The molecular formula is C25H18Br2Cl2N2O3. The van der Waals surface area contributed by atoms with Gasteiger partial charge in [0.1, 0.15) is 18.1 Å². The number of halogens is 4. The van der Waals surface area contributed by atoms with Crippen molar-refractivity contribution in [2.24, 2.45) is 0 Å². The highest BCUT2D eigenvalue weighted by Crippen LogP contribution is 2.36. The summed E-state index contributed by atoms with van der Waals surface area (Å²) < 4.78 is 7.31. The number of rotatable bonds is 6. The van der Waals surface area contributed by atoms with Crippen LogP contribution in [0.25, 0.3) is 6.08 Å². The number of nitrogens with one attached hydrogen (secondary N) is 1. The van der Waals surface area contributed by atoms with E-state index < -0.39 is 6.03 Å². The molecule has 0 aliphatic carbocycles. The normalized spacial score (nSPS) is 14.6. The molecule has 1 saturated heterocycles. The standard InChI is InChI=1S/C25H18Br2Cl2N2O3/c1-14-2-4-15(5-3-14)12-31-24(32)22(30-25(31)33)11-17-8-18(26)23(19(27)9-17)34-13-16-6-7-20(28)21(29)10-16/h2-11H,12-13H2,1H3,(H,30,33)/b22-11+. The molecule has 0 unspecified atom stereocenters. The fourth-order valence-electron chi connectivity index (χ4n) is 3.34. The fraction of sp³-hybridized carbons (Fsp3) is 0.120. The molecule has 1 fully saturated rings. The Kier molecular flexibility index (Phi) is 7.67. The highest BCUT2D eigenvalue weighted by molar-refractivity contribution is 9.11. The second-order valence-electron chi connectivity index (χ2n) is 7.72. The van der Waals surface area contributed by atoms with E-state index >= 15 is 0 Å². The van der Waals surface area contributed by atoms with Crippen molar-refractivity contribution in [1.29, 1.82) is 0 Å². The first-order valence-corrected chi connectivity index (χ1v) is 12.5. The van der Waals surface area contributed by atoms with Crippen LogP contribution in [0, 0.1) is 6.92 Å². The first kappa shape index (κ1) is 24.8. The fourth-order valence-corrected chi connectivity index (χ4v) is 5.12. The number of carbonyl (C=O) groups is 2.